The van der Waals surface area contributed by atoms with Crippen molar-refractivity contribution < 1.29 is 4.39 Å². The van der Waals surface area contributed by atoms with Gasteiger partial charge in [-0.3, -0.25) is 0 Å². The molecule has 8 heteroatoms. The number of fused-ring (bicyclic) bond motifs is 1. The van der Waals surface area contributed by atoms with E-state index in [9.17, 15) is 14.9 Å². The molecule has 4 aromatic rings. The number of para-hydroxylation sites is 1. The molecule has 2 heterocycles. The van der Waals surface area contributed by atoms with Gasteiger partial charge in [0.15, 0.2) is 11.5 Å². The summed E-state index contributed by atoms with van der Waals surface area (Å²) in [5, 5.41) is 26.6. The Kier molecular flexibility index (Phi) is 4.07. The summed E-state index contributed by atoms with van der Waals surface area (Å²) in [6, 6.07) is 18.8. The van der Waals surface area contributed by atoms with Crippen LogP contribution in [0.3, 0.4) is 0 Å². The first-order valence-electron chi connectivity index (χ1n) is 8.22. The van der Waals surface area contributed by atoms with E-state index >= 15 is 0 Å². The van der Waals surface area contributed by atoms with Crippen LogP contribution in [0.4, 0.5) is 21.7 Å². The van der Waals surface area contributed by atoms with Crippen molar-refractivity contribution in [3.63, 3.8) is 0 Å². The molecule has 134 valence electrons. The van der Waals surface area contributed by atoms with Gasteiger partial charge >= 0.3 is 0 Å². The Morgan fingerprint density at radius 1 is 0.964 bits per heavy atom. The fraction of sp³-hybridized carbons (Fsp3) is 0. The number of anilines is 3. The summed E-state index contributed by atoms with van der Waals surface area (Å²) in [7, 11) is 0. The Hall–Kier alpha value is -4.43. The molecule has 4 rings (SSSR count). The second-order valence-electron chi connectivity index (χ2n) is 5.90. The van der Waals surface area contributed by atoms with E-state index in [1.807, 2.05) is 36.4 Å². The molecule has 0 bridgehead atoms. The third-order valence-electron chi connectivity index (χ3n) is 4.18. The summed E-state index contributed by atoms with van der Waals surface area (Å²) in [6.07, 6.45) is 0. The zero-order valence-electron chi connectivity index (χ0n) is 14.4. The lowest BCUT2D eigenvalue weighted by Crippen LogP contribution is -2.06. The van der Waals surface area contributed by atoms with Gasteiger partial charge in [-0.1, -0.05) is 18.2 Å². The van der Waals surface area contributed by atoms with Crippen molar-refractivity contribution >= 4 is 23.0 Å². The molecular weight excluding hydrogens is 357 g/mol. The average Bonchev–Trinajstić information content (AvgIpc) is 3.06. The third-order valence-corrected chi connectivity index (χ3v) is 4.18. The summed E-state index contributed by atoms with van der Waals surface area (Å²) in [5.41, 5.74) is 8.14. The zero-order chi connectivity index (χ0) is 19.7. The van der Waals surface area contributed by atoms with Crippen molar-refractivity contribution in [2.24, 2.45) is 0 Å². The maximum absolute atomic E-state index is 13.3. The van der Waals surface area contributed by atoms with Crippen molar-refractivity contribution in [1.29, 1.82) is 10.5 Å². The highest BCUT2D eigenvalue weighted by Crippen LogP contribution is 2.30. The van der Waals surface area contributed by atoms with Crippen LogP contribution in [-0.4, -0.2) is 14.6 Å². The van der Waals surface area contributed by atoms with Gasteiger partial charge < -0.3 is 11.1 Å². The summed E-state index contributed by atoms with van der Waals surface area (Å²) in [6.45, 7) is 0. The van der Waals surface area contributed by atoms with Crippen LogP contribution in [0, 0.1) is 28.5 Å². The van der Waals surface area contributed by atoms with E-state index in [0.29, 0.717) is 5.56 Å². The van der Waals surface area contributed by atoms with Crippen LogP contribution in [0.25, 0.3) is 16.9 Å². The van der Waals surface area contributed by atoms with E-state index in [-0.39, 0.29) is 34.1 Å². The van der Waals surface area contributed by atoms with Crippen LogP contribution in [0.1, 0.15) is 11.1 Å². The highest BCUT2D eigenvalue weighted by atomic mass is 19.1. The van der Waals surface area contributed by atoms with Gasteiger partial charge in [-0.05, 0) is 36.4 Å². The number of hydrogen-bond donors (Lipinski definition) is 2. The van der Waals surface area contributed by atoms with Gasteiger partial charge in [-0.15, -0.1) is 5.10 Å². The minimum absolute atomic E-state index is 0.0458. The lowest BCUT2D eigenvalue weighted by atomic mass is 10.1. The molecule has 0 fully saturated rings. The number of benzene rings is 2. The summed E-state index contributed by atoms with van der Waals surface area (Å²) in [4.78, 5) is 4.45. The van der Waals surface area contributed by atoms with Crippen molar-refractivity contribution in [3.8, 4) is 23.4 Å². The Bertz CT molecular complexity index is 1260. The molecule has 0 saturated heterocycles. The zero-order valence-corrected chi connectivity index (χ0v) is 14.4. The molecular formula is C20H12FN7. The lowest BCUT2D eigenvalue weighted by molar-refractivity contribution is 0.628. The number of rotatable bonds is 3. The van der Waals surface area contributed by atoms with Crippen LogP contribution in [0.2, 0.25) is 0 Å². The molecule has 0 aliphatic carbocycles. The molecule has 0 radical (unpaired) electrons. The van der Waals surface area contributed by atoms with Crippen molar-refractivity contribution in [1.82, 2.24) is 14.6 Å². The maximum atomic E-state index is 13.3. The number of nitrogen functional groups attached to an aromatic ring is 1. The first-order chi connectivity index (χ1) is 13.6. The Balaban J connectivity index is 1.95. The van der Waals surface area contributed by atoms with Crippen molar-refractivity contribution in [2.45, 2.75) is 0 Å². The molecule has 0 aliphatic rings. The number of halogens is 1. The predicted molar refractivity (Wildman–Crippen MR) is 102 cm³/mol. The predicted octanol–water partition coefficient (Wildman–Crippen LogP) is 3.60. The molecule has 0 spiro atoms. The molecule has 0 unspecified atom stereocenters. The molecule has 3 N–H and O–H groups in total. The van der Waals surface area contributed by atoms with Crippen LogP contribution in [-0.2, 0) is 0 Å². The van der Waals surface area contributed by atoms with E-state index in [4.69, 9.17) is 5.73 Å². The number of aromatic nitrogens is 3. The van der Waals surface area contributed by atoms with Gasteiger partial charge in [-0.2, -0.15) is 15.0 Å². The smallest absolute Gasteiger partial charge is 0.178 e. The molecule has 0 atom stereocenters. The quantitative estimate of drug-likeness (QED) is 0.570. The van der Waals surface area contributed by atoms with E-state index in [0.717, 1.165) is 5.69 Å². The van der Waals surface area contributed by atoms with E-state index < -0.39 is 5.82 Å². The topological polar surface area (TPSA) is 116 Å². The van der Waals surface area contributed by atoms with Crippen molar-refractivity contribution in [2.75, 3.05) is 11.1 Å². The fourth-order valence-corrected chi connectivity index (χ4v) is 2.84. The van der Waals surface area contributed by atoms with Crippen LogP contribution >= 0.6 is 0 Å². The second kappa shape index (κ2) is 6.71. The standard InChI is InChI=1S/C20H12FN7/c21-13-8-6-12(7-9-13)17-15(10-22)18(24)28-20(26-17)16(11-23)19(27-28)25-14-4-2-1-3-5-14/h1-9H,24H2,(H,25,27). The van der Waals surface area contributed by atoms with E-state index in [2.05, 4.69) is 21.5 Å². The van der Waals surface area contributed by atoms with Gasteiger partial charge in [0.05, 0.1) is 5.69 Å². The number of nitrogens with two attached hydrogens (primary N) is 1. The van der Waals surface area contributed by atoms with Gasteiger partial charge in [0.2, 0.25) is 0 Å². The first-order valence-corrected chi connectivity index (χ1v) is 8.22. The minimum Gasteiger partial charge on any atom is -0.382 e. The molecule has 0 aliphatic heterocycles. The second-order valence-corrected chi connectivity index (χ2v) is 5.90. The highest BCUT2D eigenvalue weighted by Gasteiger charge is 2.21. The lowest BCUT2D eigenvalue weighted by Gasteiger charge is -2.08. The van der Waals surface area contributed by atoms with Crippen LogP contribution < -0.4 is 11.1 Å². The molecule has 0 amide bonds. The van der Waals surface area contributed by atoms with Gasteiger partial charge in [-0.25, -0.2) is 9.37 Å². The molecule has 2 aromatic carbocycles. The van der Waals surface area contributed by atoms with Gasteiger partial charge in [0.1, 0.15) is 34.9 Å². The van der Waals surface area contributed by atoms with E-state index in [1.165, 1.54) is 28.8 Å². The fourth-order valence-electron chi connectivity index (χ4n) is 2.84. The SMILES string of the molecule is N#Cc1c(-c2ccc(F)cc2)nc2c(C#N)c(Nc3ccccc3)nn2c1N. The number of nitriles is 2. The van der Waals surface area contributed by atoms with Crippen LogP contribution in [0.5, 0.6) is 0 Å². The monoisotopic (exact) mass is 369 g/mol. The summed E-state index contributed by atoms with van der Waals surface area (Å²) in [5.74, 6) is -0.0924. The normalized spacial score (nSPS) is 10.4. The highest BCUT2D eigenvalue weighted by molar-refractivity contribution is 5.80. The van der Waals surface area contributed by atoms with Crippen LogP contribution in [0.15, 0.2) is 54.6 Å². The third kappa shape index (κ3) is 2.75. The first kappa shape index (κ1) is 17.0. The van der Waals surface area contributed by atoms with Crippen molar-refractivity contribution in [3.05, 3.63) is 71.5 Å². The maximum Gasteiger partial charge on any atom is 0.178 e. The Morgan fingerprint density at radius 2 is 1.64 bits per heavy atom. The minimum atomic E-state index is -0.410. The van der Waals surface area contributed by atoms with E-state index in [1.54, 1.807) is 0 Å². The Morgan fingerprint density at radius 3 is 2.29 bits per heavy atom. The molecule has 2 aromatic heterocycles. The number of hydrogen-bond acceptors (Lipinski definition) is 6. The number of nitrogens with one attached hydrogen (secondary N) is 1. The number of nitrogens with zero attached hydrogens (tertiary/aromatic N) is 5. The summed E-state index contributed by atoms with van der Waals surface area (Å²) < 4.78 is 14.5. The largest absolute Gasteiger partial charge is 0.382 e. The van der Waals surface area contributed by atoms with Gasteiger partial charge in [0.25, 0.3) is 0 Å². The molecule has 7 nitrogen and oxygen atoms in total. The Labute approximate surface area is 159 Å². The summed E-state index contributed by atoms with van der Waals surface area (Å²) >= 11 is 0. The van der Waals surface area contributed by atoms with Gasteiger partial charge in [0, 0.05) is 11.3 Å². The average molecular weight is 369 g/mol. The molecule has 28 heavy (non-hydrogen) atoms. The molecule has 0 saturated carbocycles.